The minimum Gasteiger partial charge on any atom is -0.481 e. The number of nitrogens with zero attached hydrogens (tertiary/aromatic N) is 2. The number of aliphatic carboxylic acids is 1. The Kier molecular flexibility index (Phi) is 10.8. The highest BCUT2D eigenvalue weighted by molar-refractivity contribution is 5.66. The summed E-state index contributed by atoms with van der Waals surface area (Å²) in [5.74, 6) is 0.116. The summed E-state index contributed by atoms with van der Waals surface area (Å²) in [4.78, 5) is 17.2. The van der Waals surface area contributed by atoms with Crippen LogP contribution in [0.1, 0.15) is 73.8 Å². The number of aliphatic hydroxyl groups is 1. The summed E-state index contributed by atoms with van der Waals surface area (Å²) in [5, 5.41) is 19.4. The van der Waals surface area contributed by atoms with Crippen LogP contribution in [0.2, 0.25) is 0 Å². The molecule has 0 bridgehead atoms. The largest absolute Gasteiger partial charge is 0.481 e. The zero-order valence-electron chi connectivity index (χ0n) is 19.8. The Bertz CT molecular complexity index is 943. The first-order chi connectivity index (χ1) is 16.6. The van der Waals surface area contributed by atoms with Crippen LogP contribution >= 0.6 is 0 Å². The number of carboxylic acid groups (broad SMARTS) is 1. The minimum absolute atomic E-state index is 0.0845. The first-order valence-corrected chi connectivity index (χ1v) is 12.3. The molecule has 4 rings (SSSR count). The second kappa shape index (κ2) is 14.3. The summed E-state index contributed by atoms with van der Waals surface area (Å²) in [6, 6.07) is 19.2. The summed E-state index contributed by atoms with van der Waals surface area (Å²) in [7, 11) is 0. The summed E-state index contributed by atoms with van der Waals surface area (Å²) in [6.45, 7) is 1.76. The van der Waals surface area contributed by atoms with Gasteiger partial charge in [0.15, 0.2) is 6.10 Å². The molecule has 0 spiro atoms. The van der Waals surface area contributed by atoms with Gasteiger partial charge in [0.05, 0.1) is 12.6 Å². The van der Waals surface area contributed by atoms with Gasteiger partial charge in [-0.05, 0) is 11.1 Å². The number of aliphatic hydroxyl groups excluding tert-OH is 1. The molecule has 0 aliphatic heterocycles. The number of oxazole rings is 1. The highest BCUT2D eigenvalue weighted by atomic mass is 16.4. The Morgan fingerprint density at radius 3 is 2.09 bits per heavy atom. The van der Waals surface area contributed by atoms with Crippen LogP contribution in [-0.2, 0) is 17.8 Å². The molecule has 1 fully saturated rings. The van der Waals surface area contributed by atoms with Gasteiger partial charge in [-0.3, -0.25) is 9.69 Å². The van der Waals surface area contributed by atoms with Gasteiger partial charge in [-0.15, -0.1) is 0 Å². The smallest absolute Gasteiger partial charge is 0.304 e. The van der Waals surface area contributed by atoms with Crippen LogP contribution in [0.3, 0.4) is 0 Å². The maximum absolute atomic E-state index is 11.0. The van der Waals surface area contributed by atoms with Crippen LogP contribution in [0, 0.1) is 0 Å². The molecule has 2 N–H and O–H groups in total. The Morgan fingerprint density at radius 1 is 0.912 bits per heavy atom. The van der Waals surface area contributed by atoms with Crippen molar-refractivity contribution < 1.29 is 19.4 Å². The van der Waals surface area contributed by atoms with Gasteiger partial charge < -0.3 is 14.6 Å². The quantitative estimate of drug-likeness (QED) is 0.405. The zero-order valence-corrected chi connectivity index (χ0v) is 19.8. The predicted octanol–water partition coefficient (Wildman–Crippen LogP) is 5.62. The lowest BCUT2D eigenvalue weighted by Crippen LogP contribution is -2.28. The van der Waals surface area contributed by atoms with Crippen molar-refractivity contribution in [1.29, 1.82) is 0 Å². The van der Waals surface area contributed by atoms with Crippen molar-refractivity contribution in [3.63, 3.8) is 0 Å². The fourth-order valence-electron chi connectivity index (χ4n) is 4.04. The van der Waals surface area contributed by atoms with Gasteiger partial charge in [-0.25, -0.2) is 4.98 Å². The number of hydrogen-bond donors (Lipinski definition) is 2. The van der Waals surface area contributed by atoms with Crippen molar-refractivity contribution in [3.8, 4) is 0 Å². The first-order valence-electron chi connectivity index (χ1n) is 12.3. The third kappa shape index (κ3) is 9.12. The lowest BCUT2D eigenvalue weighted by molar-refractivity contribution is -0.137. The van der Waals surface area contributed by atoms with Gasteiger partial charge in [-0.1, -0.05) is 99.2 Å². The van der Waals surface area contributed by atoms with Crippen LogP contribution in [0.25, 0.3) is 0 Å². The summed E-state index contributed by atoms with van der Waals surface area (Å²) < 4.78 is 5.72. The molecular weight excluding hydrogens is 428 g/mol. The molecule has 6 heteroatoms. The molecule has 2 aromatic carbocycles. The first kappa shape index (κ1) is 25.7. The molecule has 0 amide bonds. The normalized spacial score (nSPS) is 14.3. The zero-order chi connectivity index (χ0) is 24.0. The minimum atomic E-state index is -0.901. The third-order valence-corrected chi connectivity index (χ3v) is 5.99. The lowest BCUT2D eigenvalue weighted by atomic mass is 10.0. The fourth-order valence-corrected chi connectivity index (χ4v) is 4.04. The molecule has 1 heterocycles. The monoisotopic (exact) mass is 464 g/mol. The molecule has 34 heavy (non-hydrogen) atoms. The SMILES string of the molecule is C1CCCCC1.O=C(O)CCN(CCc1cnc(C(O)c2ccccc2)o1)Cc1ccccc1. The molecule has 0 saturated heterocycles. The van der Waals surface area contributed by atoms with Crippen molar-refractivity contribution in [1.82, 2.24) is 9.88 Å². The van der Waals surface area contributed by atoms with Crippen molar-refractivity contribution in [2.24, 2.45) is 0 Å². The second-order valence-corrected chi connectivity index (χ2v) is 8.75. The number of carbonyl (C=O) groups is 1. The Balaban J connectivity index is 0.000000469. The molecule has 1 atom stereocenters. The van der Waals surface area contributed by atoms with Gasteiger partial charge in [0.25, 0.3) is 0 Å². The number of benzene rings is 2. The van der Waals surface area contributed by atoms with E-state index in [1.54, 1.807) is 6.20 Å². The van der Waals surface area contributed by atoms with E-state index in [1.807, 2.05) is 60.7 Å². The van der Waals surface area contributed by atoms with E-state index in [4.69, 9.17) is 9.52 Å². The van der Waals surface area contributed by atoms with Gasteiger partial charge in [0.1, 0.15) is 5.76 Å². The van der Waals surface area contributed by atoms with Crippen LogP contribution in [0.15, 0.2) is 71.3 Å². The maximum Gasteiger partial charge on any atom is 0.304 e. The maximum atomic E-state index is 11.0. The number of rotatable bonds is 10. The second-order valence-electron chi connectivity index (χ2n) is 8.75. The average Bonchev–Trinajstić information content (AvgIpc) is 3.37. The van der Waals surface area contributed by atoms with Crippen LogP contribution in [-0.4, -0.2) is 39.2 Å². The van der Waals surface area contributed by atoms with E-state index in [9.17, 15) is 9.90 Å². The van der Waals surface area contributed by atoms with E-state index in [-0.39, 0.29) is 12.3 Å². The van der Waals surface area contributed by atoms with Gasteiger partial charge >= 0.3 is 5.97 Å². The molecule has 1 aliphatic rings. The molecule has 6 nitrogen and oxygen atoms in total. The van der Waals surface area contributed by atoms with E-state index in [1.165, 1.54) is 38.5 Å². The number of carboxylic acids is 1. The van der Waals surface area contributed by atoms with E-state index >= 15 is 0 Å². The molecule has 1 aliphatic carbocycles. The van der Waals surface area contributed by atoms with Gasteiger partial charge in [0.2, 0.25) is 5.89 Å². The number of hydrogen-bond acceptors (Lipinski definition) is 5. The highest BCUT2D eigenvalue weighted by Gasteiger charge is 2.17. The fraction of sp³-hybridized carbons (Fsp3) is 0.429. The molecule has 0 radical (unpaired) electrons. The topological polar surface area (TPSA) is 86.8 Å². The molecule has 182 valence electrons. The predicted molar refractivity (Wildman–Crippen MR) is 132 cm³/mol. The van der Waals surface area contributed by atoms with Crippen LogP contribution in [0.4, 0.5) is 0 Å². The molecule has 1 aromatic heterocycles. The van der Waals surface area contributed by atoms with Crippen LogP contribution in [0.5, 0.6) is 0 Å². The Labute approximate surface area is 202 Å². The summed E-state index contributed by atoms with van der Waals surface area (Å²) in [5.41, 5.74) is 1.86. The van der Waals surface area contributed by atoms with E-state index in [2.05, 4.69) is 9.88 Å². The standard InChI is InChI=1S/C22H24N2O4.C6H12/c25-20(26)12-14-24(16-17-7-3-1-4-8-17)13-11-19-15-23-22(28-19)21(27)18-9-5-2-6-10-18;1-2-4-6-5-3-1/h1-10,15,21,27H,11-14,16H2,(H,25,26);1-6H2. The average molecular weight is 465 g/mol. The molecule has 1 saturated carbocycles. The van der Waals surface area contributed by atoms with E-state index in [0.717, 1.165) is 11.1 Å². The lowest BCUT2D eigenvalue weighted by Gasteiger charge is -2.21. The highest BCUT2D eigenvalue weighted by Crippen LogP contribution is 2.21. The molecular formula is C28H36N2O4. The Morgan fingerprint density at radius 2 is 1.50 bits per heavy atom. The molecule has 3 aromatic rings. The van der Waals surface area contributed by atoms with Crippen molar-refractivity contribution in [2.45, 2.75) is 64.0 Å². The summed E-state index contributed by atoms with van der Waals surface area (Å²) in [6.07, 6.45) is 10.4. The van der Waals surface area contributed by atoms with Crippen molar-refractivity contribution in [2.75, 3.05) is 13.1 Å². The third-order valence-electron chi connectivity index (χ3n) is 5.99. The Hall–Kier alpha value is -2.96. The van der Waals surface area contributed by atoms with Gasteiger partial charge in [0, 0.05) is 26.1 Å². The van der Waals surface area contributed by atoms with Crippen LogP contribution < -0.4 is 0 Å². The van der Waals surface area contributed by atoms with Crippen molar-refractivity contribution in [3.05, 3.63) is 89.6 Å². The summed E-state index contributed by atoms with van der Waals surface area (Å²) >= 11 is 0. The van der Waals surface area contributed by atoms with E-state index < -0.39 is 12.1 Å². The molecule has 1 unspecified atom stereocenters. The van der Waals surface area contributed by atoms with Gasteiger partial charge in [-0.2, -0.15) is 0 Å². The van der Waals surface area contributed by atoms with E-state index in [0.29, 0.717) is 31.8 Å². The van der Waals surface area contributed by atoms with Crippen molar-refractivity contribution >= 4 is 5.97 Å². The number of aromatic nitrogens is 1.